The van der Waals surface area contributed by atoms with Crippen molar-refractivity contribution in [2.24, 2.45) is 4.99 Å². The monoisotopic (exact) mass is 356 g/mol. The lowest BCUT2D eigenvalue weighted by atomic mass is 10.2. The van der Waals surface area contributed by atoms with Gasteiger partial charge < -0.3 is 15.0 Å². The van der Waals surface area contributed by atoms with Crippen LogP contribution < -0.4 is 10.1 Å². The Hall–Kier alpha value is -3.09. The first-order valence-corrected chi connectivity index (χ1v) is 8.51. The van der Waals surface area contributed by atoms with Crippen LogP contribution in [-0.4, -0.2) is 42.5 Å². The normalized spacial score (nSPS) is 11.1. The van der Waals surface area contributed by atoms with E-state index in [9.17, 15) is 10.1 Å². The Balaban J connectivity index is 1.98. The largest absolute Gasteiger partial charge is 0.492 e. The molecule has 7 heteroatoms. The number of hydrogen-bond acceptors (Lipinski definition) is 4. The quantitative estimate of drug-likeness (QED) is 0.340. The Morgan fingerprint density at radius 1 is 1.19 bits per heavy atom. The van der Waals surface area contributed by atoms with Gasteiger partial charge >= 0.3 is 0 Å². The van der Waals surface area contributed by atoms with Crippen molar-refractivity contribution in [1.82, 2.24) is 10.2 Å². The molecule has 0 unspecified atom stereocenters. The van der Waals surface area contributed by atoms with Crippen molar-refractivity contribution in [1.29, 1.82) is 0 Å². The number of guanidine groups is 1. The third-order valence-corrected chi connectivity index (χ3v) is 3.72. The predicted molar refractivity (Wildman–Crippen MR) is 102 cm³/mol. The van der Waals surface area contributed by atoms with Crippen molar-refractivity contribution in [2.45, 2.75) is 13.5 Å². The topological polar surface area (TPSA) is 80.0 Å². The third kappa shape index (κ3) is 5.77. The molecule has 26 heavy (non-hydrogen) atoms. The van der Waals surface area contributed by atoms with Crippen LogP contribution in [0.5, 0.6) is 5.75 Å². The summed E-state index contributed by atoms with van der Waals surface area (Å²) in [5.41, 5.74) is 0.670. The van der Waals surface area contributed by atoms with Crippen LogP contribution in [-0.2, 0) is 6.54 Å². The number of nitrogens with one attached hydrogen (secondary N) is 1. The molecule has 0 saturated heterocycles. The summed E-state index contributed by atoms with van der Waals surface area (Å²) < 4.78 is 5.70. The molecule has 0 atom stereocenters. The van der Waals surface area contributed by atoms with E-state index in [1.165, 1.54) is 6.07 Å². The number of nitro benzene ring substituents is 1. The van der Waals surface area contributed by atoms with Crippen molar-refractivity contribution < 1.29 is 9.66 Å². The zero-order valence-corrected chi connectivity index (χ0v) is 15.1. The SMILES string of the molecule is CCNC(=NCc1ccccc1[N+](=O)[O-])N(C)CCOc1ccccc1. The number of hydrogen-bond donors (Lipinski definition) is 1. The van der Waals surface area contributed by atoms with Crippen molar-refractivity contribution in [3.8, 4) is 5.75 Å². The lowest BCUT2D eigenvalue weighted by Crippen LogP contribution is -2.40. The number of ether oxygens (including phenoxy) is 1. The molecule has 2 rings (SSSR count). The molecule has 1 N–H and O–H groups in total. The minimum atomic E-state index is -0.380. The minimum absolute atomic E-state index is 0.0853. The molecule has 0 aromatic heterocycles. The zero-order valence-electron chi connectivity index (χ0n) is 15.1. The summed E-state index contributed by atoms with van der Waals surface area (Å²) in [5, 5.41) is 14.3. The summed E-state index contributed by atoms with van der Waals surface area (Å²) >= 11 is 0. The summed E-state index contributed by atoms with van der Waals surface area (Å²) in [6.45, 7) is 4.08. The van der Waals surface area contributed by atoms with Gasteiger partial charge in [0, 0.05) is 19.7 Å². The van der Waals surface area contributed by atoms with E-state index in [4.69, 9.17) is 4.74 Å². The highest BCUT2D eigenvalue weighted by Crippen LogP contribution is 2.18. The van der Waals surface area contributed by atoms with Gasteiger partial charge in [-0.2, -0.15) is 0 Å². The molecule has 2 aromatic rings. The van der Waals surface area contributed by atoms with Crippen LogP contribution in [0.1, 0.15) is 12.5 Å². The van der Waals surface area contributed by atoms with Gasteiger partial charge in [0.05, 0.1) is 23.6 Å². The van der Waals surface area contributed by atoms with Crippen LogP contribution in [0, 0.1) is 10.1 Å². The van der Waals surface area contributed by atoms with Crippen LogP contribution in [0.3, 0.4) is 0 Å². The van der Waals surface area contributed by atoms with Gasteiger partial charge in [-0.15, -0.1) is 0 Å². The molecule has 0 fully saturated rings. The van der Waals surface area contributed by atoms with Crippen LogP contribution in [0.4, 0.5) is 5.69 Å². The highest BCUT2D eigenvalue weighted by atomic mass is 16.6. The minimum Gasteiger partial charge on any atom is -0.492 e. The van der Waals surface area contributed by atoms with Crippen molar-refractivity contribution in [3.05, 3.63) is 70.3 Å². The second kappa shape index (κ2) is 10.0. The Bertz CT molecular complexity index is 735. The maximum absolute atomic E-state index is 11.1. The van der Waals surface area contributed by atoms with E-state index in [2.05, 4.69) is 10.3 Å². The molecule has 7 nitrogen and oxygen atoms in total. The molecule has 0 spiro atoms. The van der Waals surface area contributed by atoms with Crippen LogP contribution >= 0.6 is 0 Å². The predicted octanol–water partition coefficient (Wildman–Crippen LogP) is 3.07. The van der Waals surface area contributed by atoms with E-state index in [-0.39, 0.29) is 17.2 Å². The molecule has 138 valence electrons. The molecule has 0 amide bonds. The number of likely N-dealkylation sites (N-methyl/N-ethyl adjacent to an activating group) is 1. The van der Waals surface area contributed by atoms with E-state index < -0.39 is 0 Å². The molecule has 0 saturated carbocycles. The molecular weight excluding hydrogens is 332 g/mol. The van der Waals surface area contributed by atoms with Crippen molar-refractivity contribution >= 4 is 11.6 Å². The number of aliphatic imine (C=N–C) groups is 1. The van der Waals surface area contributed by atoms with E-state index in [1.54, 1.807) is 18.2 Å². The van der Waals surface area contributed by atoms with Gasteiger partial charge in [-0.3, -0.25) is 10.1 Å². The van der Waals surface area contributed by atoms with Crippen molar-refractivity contribution in [2.75, 3.05) is 26.7 Å². The van der Waals surface area contributed by atoms with Gasteiger partial charge in [0.25, 0.3) is 5.69 Å². The molecule has 2 aromatic carbocycles. The van der Waals surface area contributed by atoms with Gasteiger partial charge in [0.2, 0.25) is 0 Å². The van der Waals surface area contributed by atoms with E-state index in [0.29, 0.717) is 31.2 Å². The van der Waals surface area contributed by atoms with E-state index >= 15 is 0 Å². The Morgan fingerprint density at radius 3 is 2.58 bits per heavy atom. The highest BCUT2D eigenvalue weighted by Gasteiger charge is 2.12. The first kappa shape index (κ1) is 19.2. The molecule has 0 aliphatic heterocycles. The maximum Gasteiger partial charge on any atom is 0.274 e. The average Bonchev–Trinajstić information content (AvgIpc) is 2.66. The zero-order chi connectivity index (χ0) is 18.8. The Labute approximate surface area is 153 Å². The fraction of sp³-hybridized carbons (Fsp3) is 0.316. The molecule has 0 radical (unpaired) electrons. The molecule has 0 aliphatic rings. The summed E-state index contributed by atoms with van der Waals surface area (Å²) in [6.07, 6.45) is 0. The molecule has 0 heterocycles. The maximum atomic E-state index is 11.1. The van der Waals surface area contributed by atoms with E-state index in [1.807, 2.05) is 49.2 Å². The second-order valence-corrected chi connectivity index (χ2v) is 5.64. The van der Waals surface area contributed by atoms with Gasteiger partial charge in [0.15, 0.2) is 5.96 Å². The van der Waals surface area contributed by atoms with Crippen LogP contribution in [0.25, 0.3) is 0 Å². The number of rotatable bonds is 8. The standard InChI is InChI=1S/C19H24N4O3/c1-3-20-19(21-15-16-9-7-8-12-18(16)23(24)25)22(2)13-14-26-17-10-5-4-6-11-17/h4-12H,3,13-15H2,1-2H3,(H,20,21). The van der Waals surface area contributed by atoms with Gasteiger partial charge in [-0.25, -0.2) is 4.99 Å². The van der Waals surface area contributed by atoms with Crippen LogP contribution in [0.2, 0.25) is 0 Å². The Morgan fingerprint density at radius 2 is 1.88 bits per heavy atom. The first-order valence-electron chi connectivity index (χ1n) is 8.51. The number of nitro groups is 1. The molecule has 0 bridgehead atoms. The summed E-state index contributed by atoms with van der Waals surface area (Å²) in [6, 6.07) is 16.3. The van der Waals surface area contributed by atoms with Gasteiger partial charge in [-0.1, -0.05) is 36.4 Å². The summed E-state index contributed by atoms with van der Waals surface area (Å²) in [4.78, 5) is 17.2. The second-order valence-electron chi connectivity index (χ2n) is 5.64. The van der Waals surface area contributed by atoms with E-state index in [0.717, 1.165) is 5.75 Å². The highest BCUT2D eigenvalue weighted by molar-refractivity contribution is 5.79. The summed E-state index contributed by atoms with van der Waals surface area (Å²) in [5.74, 6) is 1.50. The third-order valence-electron chi connectivity index (χ3n) is 3.72. The van der Waals surface area contributed by atoms with Gasteiger partial charge in [0.1, 0.15) is 12.4 Å². The van der Waals surface area contributed by atoms with Crippen LogP contribution in [0.15, 0.2) is 59.6 Å². The summed E-state index contributed by atoms with van der Waals surface area (Å²) in [7, 11) is 1.91. The first-order chi connectivity index (χ1) is 12.6. The lowest BCUT2D eigenvalue weighted by Gasteiger charge is -2.22. The fourth-order valence-electron chi connectivity index (χ4n) is 2.38. The molecule has 0 aliphatic carbocycles. The van der Waals surface area contributed by atoms with Gasteiger partial charge in [-0.05, 0) is 19.1 Å². The number of benzene rings is 2. The fourth-order valence-corrected chi connectivity index (χ4v) is 2.38. The smallest absolute Gasteiger partial charge is 0.274 e. The van der Waals surface area contributed by atoms with Crippen molar-refractivity contribution in [3.63, 3.8) is 0 Å². The molecular formula is C19H24N4O3. The Kier molecular flexibility index (Phi) is 7.42. The number of nitrogens with zero attached hydrogens (tertiary/aromatic N) is 3. The lowest BCUT2D eigenvalue weighted by molar-refractivity contribution is -0.385. The number of para-hydroxylation sites is 2. The average molecular weight is 356 g/mol.